The third kappa shape index (κ3) is 4.79. The van der Waals surface area contributed by atoms with Crippen LogP contribution in [-0.2, 0) is 24.3 Å². The van der Waals surface area contributed by atoms with Gasteiger partial charge in [-0.15, -0.1) is 0 Å². The molecule has 184 valence electrons. The van der Waals surface area contributed by atoms with E-state index in [1.807, 2.05) is 35.2 Å². The van der Waals surface area contributed by atoms with Crippen LogP contribution in [0.5, 0.6) is 11.5 Å². The second-order valence-corrected chi connectivity index (χ2v) is 9.43. The van der Waals surface area contributed by atoms with E-state index in [0.717, 1.165) is 73.2 Å². The summed E-state index contributed by atoms with van der Waals surface area (Å²) in [6.45, 7) is 5.05. The zero-order valence-corrected chi connectivity index (χ0v) is 20.3. The number of amides is 1. The van der Waals surface area contributed by atoms with Gasteiger partial charge in [-0.25, -0.2) is 4.98 Å². The molecule has 1 amide bonds. The van der Waals surface area contributed by atoms with E-state index in [4.69, 9.17) is 14.5 Å². The highest BCUT2D eigenvalue weighted by Gasteiger charge is 2.23. The fraction of sp³-hybridized carbons (Fsp3) is 0.310. The van der Waals surface area contributed by atoms with Gasteiger partial charge in [-0.3, -0.25) is 9.69 Å². The Labute approximate surface area is 210 Å². The quantitative estimate of drug-likeness (QED) is 0.397. The van der Waals surface area contributed by atoms with Gasteiger partial charge in [0, 0.05) is 39.1 Å². The molecule has 1 aromatic heterocycles. The highest BCUT2D eigenvalue weighted by Crippen LogP contribution is 2.32. The summed E-state index contributed by atoms with van der Waals surface area (Å²) in [5.41, 5.74) is 4.55. The molecule has 0 spiro atoms. The topological polar surface area (TPSA) is 59.8 Å². The number of aryl methyl sites for hydroxylation is 1. The second-order valence-electron chi connectivity index (χ2n) is 9.43. The SMILES string of the molecule is O=C(CCc1ccc2c(c1)OCO2)N1CCN(Cc2nc3ccccc3n2Cc2ccccc2)CC1. The number of para-hydroxylation sites is 2. The molecule has 3 aromatic carbocycles. The standard InChI is InChI=1S/C29H30N4O3/c34-29(13-11-22-10-12-26-27(18-22)36-21-35-26)32-16-14-31(15-17-32)20-28-30-24-8-4-5-9-25(24)33(28)19-23-6-2-1-3-7-23/h1-10,12,18H,11,13-17,19-21H2. The molecule has 6 rings (SSSR count). The number of aromatic nitrogens is 2. The number of fused-ring (bicyclic) bond motifs is 2. The van der Waals surface area contributed by atoms with Crippen molar-refractivity contribution in [2.45, 2.75) is 25.9 Å². The van der Waals surface area contributed by atoms with Crippen molar-refractivity contribution in [3.8, 4) is 11.5 Å². The van der Waals surface area contributed by atoms with Crippen LogP contribution in [0.15, 0.2) is 72.8 Å². The zero-order chi connectivity index (χ0) is 24.3. The Kier molecular flexibility index (Phi) is 6.30. The maximum absolute atomic E-state index is 12.9. The minimum atomic E-state index is 0.212. The van der Waals surface area contributed by atoms with Crippen molar-refractivity contribution in [1.82, 2.24) is 19.4 Å². The van der Waals surface area contributed by atoms with Gasteiger partial charge < -0.3 is 18.9 Å². The van der Waals surface area contributed by atoms with Crippen molar-refractivity contribution in [3.63, 3.8) is 0 Å². The van der Waals surface area contributed by atoms with E-state index in [2.05, 4.69) is 51.9 Å². The zero-order valence-electron chi connectivity index (χ0n) is 20.3. The number of hydrogen-bond donors (Lipinski definition) is 0. The van der Waals surface area contributed by atoms with E-state index in [1.54, 1.807) is 0 Å². The summed E-state index contributed by atoms with van der Waals surface area (Å²) in [6.07, 6.45) is 1.21. The molecule has 3 heterocycles. The Bertz CT molecular complexity index is 1360. The number of piperazine rings is 1. The van der Waals surface area contributed by atoms with Crippen molar-refractivity contribution in [3.05, 3.63) is 89.7 Å². The summed E-state index contributed by atoms with van der Waals surface area (Å²) >= 11 is 0. The van der Waals surface area contributed by atoms with E-state index in [0.29, 0.717) is 12.8 Å². The molecule has 0 aliphatic carbocycles. The Morgan fingerprint density at radius 3 is 2.44 bits per heavy atom. The van der Waals surface area contributed by atoms with Crippen molar-refractivity contribution < 1.29 is 14.3 Å². The summed E-state index contributed by atoms with van der Waals surface area (Å²) < 4.78 is 13.2. The molecule has 0 radical (unpaired) electrons. The molecule has 1 fully saturated rings. The smallest absolute Gasteiger partial charge is 0.231 e. The second kappa shape index (κ2) is 10.0. The van der Waals surface area contributed by atoms with Crippen LogP contribution in [0.25, 0.3) is 11.0 Å². The molecule has 0 bridgehead atoms. The lowest BCUT2D eigenvalue weighted by molar-refractivity contribution is -0.133. The highest BCUT2D eigenvalue weighted by atomic mass is 16.7. The molecule has 2 aliphatic rings. The minimum absolute atomic E-state index is 0.212. The molecule has 0 unspecified atom stereocenters. The lowest BCUT2D eigenvalue weighted by Crippen LogP contribution is -2.48. The molecule has 36 heavy (non-hydrogen) atoms. The van der Waals surface area contributed by atoms with Crippen LogP contribution in [0.4, 0.5) is 0 Å². The first kappa shape index (κ1) is 22.6. The van der Waals surface area contributed by atoms with Gasteiger partial charge in [0.2, 0.25) is 12.7 Å². The van der Waals surface area contributed by atoms with Gasteiger partial charge in [0.1, 0.15) is 5.82 Å². The highest BCUT2D eigenvalue weighted by molar-refractivity contribution is 5.77. The molecule has 7 heteroatoms. The summed E-state index contributed by atoms with van der Waals surface area (Å²) in [4.78, 5) is 22.2. The Morgan fingerprint density at radius 1 is 0.806 bits per heavy atom. The van der Waals surface area contributed by atoms with Crippen LogP contribution in [0, 0.1) is 0 Å². The van der Waals surface area contributed by atoms with E-state index in [-0.39, 0.29) is 12.7 Å². The maximum atomic E-state index is 12.9. The maximum Gasteiger partial charge on any atom is 0.231 e. The van der Waals surface area contributed by atoms with Gasteiger partial charge in [-0.1, -0.05) is 48.5 Å². The number of hydrogen-bond acceptors (Lipinski definition) is 5. The number of imidazole rings is 1. The molecular weight excluding hydrogens is 452 g/mol. The molecule has 7 nitrogen and oxygen atoms in total. The average Bonchev–Trinajstić information content (AvgIpc) is 3.52. The minimum Gasteiger partial charge on any atom is -0.454 e. The van der Waals surface area contributed by atoms with Crippen LogP contribution in [0.2, 0.25) is 0 Å². The van der Waals surface area contributed by atoms with Gasteiger partial charge in [-0.2, -0.15) is 0 Å². The van der Waals surface area contributed by atoms with E-state index < -0.39 is 0 Å². The Balaban J connectivity index is 1.07. The molecule has 4 aromatic rings. The van der Waals surface area contributed by atoms with Gasteiger partial charge in [0.15, 0.2) is 11.5 Å². The first-order chi connectivity index (χ1) is 17.7. The van der Waals surface area contributed by atoms with Crippen molar-refractivity contribution >= 4 is 16.9 Å². The number of ether oxygens (including phenoxy) is 2. The van der Waals surface area contributed by atoms with Gasteiger partial charge >= 0.3 is 0 Å². The van der Waals surface area contributed by atoms with E-state index in [9.17, 15) is 4.79 Å². The number of carbonyl (C=O) groups excluding carboxylic acids is 1. The average molecular weight is 483 g/mol. The summed E-state index contributed by atoms with van der Waals surface area (Å²) in [5, 5.41) is 0. The fourth-order valence-electron chi connectivity index (χ4n) is 5.05. The molecular formula is C29H30N4O3. The lowest BCUT2D eigenvalue weighted by Gasteiger charge is -2.34. The van der Waals surface area contributed by atoms with Crippen molar-refractivity contribution in [2.75, 3.05) is 33.0 Å². The number of benzene rings is 3. The van der Waals surface area contributed by atoms with E-state index in [1.165, 1.54) is 5.56 Å². The predicted octanol–water partition coefficient (Wildman–Crippen LogP) is 4.09. The number of rotatable bonds is 7. The third-order valence-corrected chi connectivity index (χ3v) is 7.07. The first-order valence-corrected chi connectivity index (χ1v) is 12.6. The number of nitrogens with zero attached hydrogens (tertiary/aromatic N) is 4. The Morgan fingerprint density at radius 2 is 1.58 bits per heavy atom. The third-order valence-electron chi connectivity index (χ3n) is 7.07. The van der Waals surface area contributed by atoms with Gasteiger partial charge in [0.25, 0.3) is 0 Å². The molecule has 0 atom stereocenters. The molecule has 1 saturated heterocycles. The monoisotopic (exact) mass is 482 g/mol. The van der Waals surface area contributed by atoms with Crippen molar-refractivity contribution in [2.24, 2.45) is 0 Å². The van der Waals surface area contributed by atoms with Crippen molar-refractivity contribution in [1.29, 1.82) is 0 Å². The normalized spacial score (nSPS) is 15.5. The van der Waals surface area contributed by atoms with Crippen LogP contribution < -0.4 is 9.47 Å². The predicted molar refractivity (Wildman–Crippen MR) is 138 cm³/mol. The van der Waals surface area contributed by atoms with E-state index >= 15 is 0 Å². The molecule has 0 N–H and O–H groups in total. The summed E-state index contributed by atoms with van der Waals surface area (Å²) in [6, 6.07) is 24.8. The van der Waals surface area contributed by atoms with Gasteiger partial charge in [0.05, 0.1) is 17.6 Å². The largest absolute Gasteiger partial charge is 0.454 e. The van der Waals surface area contributed by atoms with Crippen LogP contribution in [0.3, 0.4) is 0 Å². The fourth-order valence-corrected chi connectivity index (χ4v) is 5.05. The summed E-state index contributed by atoms with van der Waals surface area (Å²) in [7, 11) is 0. The van der Waals surface area contributed by atoms with Gasteiger partial charge in [-0.05, 0) is 41.8 Å². The molecule has 2 aliphatic heterocycles. The van der Waals surface area contributed by atoms with Crippen LogP contribution >= 0.6 is 0 Å². The molecule has 0 saturated carbocycles. The lowest BCUT2D eigenvalue weighted by atomic mass is 10.1. The van der Waals surface area contributed by atoms with Crippen LogP contribution in [-0.4, -0.2) is 58.2 Å². The number of carbonyl (C=O) groups is 1. The van der Waals surface area contributed by atoms with Crippen LogP contribution in [0.1, 0.15) is 23.4 Å². The first-order valence-electron chi connectivity index (χ1n) is 12.6. The Hall–Kier alpha value is -3.84. The summed E-state index contributed by atoms with van der Waals surface area (Å²) in [5.74, 6) is 2.83.